The first-order valence-corrected chi connectivity index (χ1v) is 8.03. The molecular formula is C15H24N2OS. The minimum absolute atomic E-state index is 0.327. The molecule has 0 saturated carbocycles. The summed E-state index contributed by atoms with van der Waals surface area (Å²) in [5.74, 6) is 2.41. The van der Waals surface area contributed by atoms with E-state index in [2.05, 4.69) is 36.1 Å². The van der Waals surface area contributed by atoms with Crippen molar-refractivity contribution in [1.29, 1.82) is 0 Å². The fourth-order valence-corrected chi connectivity index (χ4v) is 3.76. The van der Waals surface area contributed by atoms with Gasteiger partial charge >= 0.3 is 0 Å². The summed E-state index contributed by atoms with van der Waals surface area (Å²) < 4.78 is 5.21. The average Bonchev–Trinajstić information content (AvgIpc) is 2.43. The maximum absolute atomic E-state index is 6.04. The minimum Gasteiger partial charge on any atom is -0.380 e. The molecule has 106 valence electrons. The molecule has 0 radical (unpaired) electrons. The third-order valence-electron chi connectivity index (χ3n) is 3.69. The standard InChI is InChI=1S/C15H24N2OS/c1-12-11-19-7-6-17(12)15(9-16)14-5-3-4-13(8-14)10-18-2/h3-5,8,12,15H,6-7,9-11,16H2,1-2H3. The highest BCUT2D eigenvalue weighted by atomic mass is 32.2. The molecule has 2 rings (SSSR count). The smallest absolute Gasteiger partial charge is 0.0713 e. The van der Waals surface area contributed by atoms with E-state index in [1.165, 1.54) is 22.6 Å². The third kappa shape index (κ3) is 3.72. The SMILES string of the molecule is COCc1cccc(C(CN)N2CCSCC2C)c1. The number of hydrogen-bond acceptors (Lipinski definition) is 4. The molecule has 1 aromatic rings. The van der Waals surface area contributed by atoms with Crippen molar-refractivity contribution < 1.29 is 4.74 Å². The molecule has 1 fully saturated rings. The van der Waals surface area contributed by atoms with Gasteiger partial charge in [0.25, 0.3) is 0 Å². The Labute approximate surface area is 120 Å². The summed E-state index contributed by atoms with van der Waals surface area (Å²) in [6.07, 6.45) is 0. The fourth-order valence-electron chi connectivity index (χ4n) is 2.72. The highest BCUT2D eigenvalue weighted by Gasteiger charge is 2.26. The van der Waals surface area contributed by atoms with Crippen molar-refractivity contribution in [2.45, 2.75) is 25.6 Å². The van der Waals surface area contributed by atoms with Gasteiger partial charge in [0.05, 0.1) is 6.61 Å². The Bertz CT molecular complexity index is 399. The molecule has 19 heavy (non-hydrogen) atoms. The van der Waals surface area contributed by atoms with Gasteiger partial charge in [0, 0.05) is 43.8 Å². The van der Waals surface area contributed by atoms with Gasteiger partial charge in [-0.25, -0.2) is 0 Å². The molecule has 4 heteroatoms. The number of nitrogens with zero attached hydrogens (tertiary/aromatic N) is 1. The summed E-state index contributed by atoms with van der Waals surface area (Å²) in [6, 6.07) is 9.55. The highest BCUT2D eigenvalue weighted by Crippen LogP contribution is 2.27. The molecule has 1 heterocycles. The molecular weight excluding hydrogens is 256 g/mol. The van der Waals surface area contributed by atoms with Crippen LogP contribution in [0.2, 0.25) is 0 Å². The predicted octanol–water partition coefficient (Wildman–Crippen LogP) is 2.27. The second kappa shape index (κ2) is 7.29. The van der Waals surface area contributed by atoms with E-state index in [-0.39, 0.29) is 0 Å². The van der Waals surface area contributed by atoms with Crippen molar-refractivity contribution in [2.75, 3.05) is 31.7 Å². The van der Waals surface area contributed by atoms with Crippen molar-refractivity contribution in [3.63, 3.8) is 0 Å². The van der Waals surface area contributed by atoms with Crippen LogP contribution in [0.3, 0.4) is 0 Å². The number of ether oxygens (including phenoxy) is 1. The minimum atomic E-state index is 0.327. The lowest BCUT2D eigenvalue weighted by Gasteiger charge is -2.39. The van der Waals surface area contributed by atoms with Gasteiger partial charge in [-0.05, 0) is 18.1 Å². The summed E-state index contributed by atoms with van der Waals surface area (Å²) in [5, 5.41) is 0. The summed E-state index contributed by atoms with van der Waals surface area (Å²) in [7, 11) is 1.73. The zero-order valence-electron chi connectivity index (χ0n) is 11.8. The molecule has 2 N–H and O–H groups in total. The summed E-state index contributed by atoms with van der Waals surface area (Å²) in [6.45, 7) is 4.76. The van der Waals surface area contributed by atoms with E-state index in [4.69, 9.17) is 10.5 Å². The second-order valence-corrected chi connectivity index (χ2v) is 6.24. The van der Waals surface area contributed by atoms with Gasteiger partial charge in [-0.1, -0.05) is 24.3 Å². The monoisotopic (exact) mass is 280 g/mol. The molecule has 3 nitrogen and oxygen atoms in total. The normalized spacial score (nSPS) is 22.4. The third-order valence-corrected chi connectivity index (χ3v) is 4.88. The van der Waals surface area contributed by atoms with Crippen molar-refractivity contribution in [3.05, 3.63) is 35.4 Å². The molecule has 0 amide bonds. The molecule has 0 bridgehead atoms. The maximum atomic E-state index is 6.04. The summed E-state index contributed by atoms with van der Waals surface area (Å²) in [4.78, 5) is 2.54. The van der Waals surface area contributed by atoms with Crippen LogP contribution in [0.5, 0.6) is 0 Å². The van der Waals surface area contributed by atoms with Crippen LogP contribution in [-0.2, 0) is 11.3 Å². The highest BCUT2D eigenvalue weighted by molar-refractivity contribution is 7.99. The molecule has 2 atom stereocenters. The number of thioether (sulfide) groups is 1. The van der Waals surface area contributed by atoms with E-state index in [1.54, 1.807) is 7.11 Å². The van der Waals surface area contributed by atoms with E-state index in [0.29, 0.717) is 25.2 Å². The van der Waals surface area contributed by atoms with Crippen LogP contribution in [0.4, 0.5) is 0 Å². The van der Waals surface area contributed by atoms with E-state index >= 15 is 0 Å². The Morgan fingerprint density at radius 1 is 1.53 bits per heavy atom. The molecule has 0 spiro atoms. The lowest BCUT2D eigenvalue weighted by molar-refractivity contribution is 0.165. The summed E-state index contributed by atoms with van der Waals surface area (Å²) >= 11 is 2.04. The molecule has 1 aromatic carbocycles. The molecule has 2 unspecified atom stereocenters. The number of rotatable bonds is 5. The zero-order chi connectivity index (χ0) is 13.7. The molecule has 1 saturated heterocycles. The molecule has 0 aromatic heterocycles. The van der Waals surface area contributed by atoms with Crippen LogP contribution in [0, 0.1) is 0 Å². The molecule has 1 aliphatic heterocycles. The number of hydrogen-bond donors (Lipinski definition) is 1. The van der Waals surface area contributed by atoms with Gasteiger partial charge in [0.15, 0.2) is 0 Å². The quantitative estimate of drug-likeness (QED) is 0.898. The number of benzene rings is 1. The first-order chi connectivity index (χ1) is 9.26. The zero-order valence-corrected chi connectivity index (χ0v) is 12.7. The Kier molecular flexibility index (Phi) is 5.70. The Morgan fingerprint density at radius 3 is 3.05 bits per heavy atom. The van der Waals surface area contributed by atoms with Crippen molar-refractivity contribution >= 4 is 11.8 Å². The van der Waals surface area contributed by atoms with Crippen LogP contribution < -0.4 is 5.73 Å². The van der Waals surface area contributed by atoms with Crippen molar-refractivity contribution in [2.24, 2.45) is 5.73 Å². The lowest BCUT2D eigenvalue weighted by Crippen LogP contribution is -2.45. The van der Waals surface area contributed by atoms with Crippen LogP contribution >= 0.6 is 11.8 Å². The molecule has 0 aliphatic carbocycles. The fraction of sp³-hybridized carbons (Fsp3) is 0.600. The number of methoxy groups -OCH3 is 1. The van der Waals surface area contributed by atoms with Gasteiger partial charge in [-0.2, -0.15) is 11.8 Å². The second-order valence-electron chi connectivity index (χ2n) is 5.09. The van der Waals surface area contributed by atoms with Gasteiger partial charge in [0.1, 0.15) is 0 Å². The van der Waals surface area contributed by atoms with E-state index in [1.807, 2.05) is 11.8 Å². The van der Waals surface area contributed by atoms with Crippen LogP contribution in [0.15, 0.2) is 24.3 Å². The van der Waals surface area contributed by atoms with Gasteiger partial charge < -0.3 is 10.5 Å². The van der Waals surface area contributed by atoms with Gasteiger partial charge in [-0.3, -0.25) is 4.90 Å². The first-order valence-electron chi connectivity index (χ1n) is 6.87. The first kappa shape index (κ1) is 14.9. The van der Waals surface area contributed by atoms with E-state index < -0.39 is 0 Å². The molecule has 1 aliphatic rings. The Balaban J connectivity index is 2.18. The van der Waals surface area contributed by atoms with Crippen LogP contribution in [-0.4, -0.2) is 42.6 Å². The van der Waals surface area contributed by atoms with E-state index in [9.17, 15) is 0 Å². The number of nitrogens with two attached hydrogens (primary N) is 1. The average molecular weight is 280 g/mol. The van der Waals surface area contributed by atoms with Crippen LogP contribution in [0.25, 0.3) is 0 Å². The largest absolute Gasteiger partial charge is 0.380 e. The van der Waals surface area contributed by atoms with Crippen molar-refractivity contribution in [3.8, 4) is 0 Å². The maximum Gasteiger partial charge on any atom is 0.0713 e. The lowest BCUT2D eigenvalue weighted by atomic mass is 10.0. The Hall–Kier alpha value is -0.550. The van der Waals surface area contributed by atoms with Crippen molar-refractivity contribution in [1.82, 2.24) is 4.90 Å². The predicted molar refractivity (Wildman–Crippen MR) is 82.4 cm³/mol. The topological polar surface area (TPSA) is 38.5 Å². The Morgan fingerprint density at radius 2 is 2.37 bits per heavy atom. The van der Waals surface area contributed by atoms with E-state index in [0.717, 1.165) is 6.54 Å². The van der Waals surface area contributed by atoms with Gasteiger partial charge in [-0.15, -0.1) is 0 Å². The van der Waals surface area contributed by atoms with Gasteiger partial charge in [0.2, 0.25) is 0 Å². The summed E-state index contributed by atoms with van der Waals surface area (Å²) in [5.41, 5.74) is 8.58. The van der Waals surface area contributed by atoms with Crippen LogP contribution in [0.1, 0.15) is 24.1 Å².